The van der Waals surface area contributed by atoms with Crippen molar-refractivity contribution in [1.82, 2.24) is 4.90 Å². The van der Waals surface area contributed by atoms with Crippen molar-refractivity contribution < 1.29 is 14.6 Å². The molecule has 0 aliphatic carbocycles. The molecular weight excluding hydrogens is 230 g/mol. The van der Waals surface area contributed by atoms with Crippen LogP contribution in [0.25, 0.3) is 0 Å². The van der Waals surface area contributed by atoms with Crippen LogP contribution in [-0.2, 0) is 4.74 Å². The van der Waals surface area contributed by atoms with Crippen LogP contribution in [0.5, 0.6) is 5.75 Å². The predicted molar refractivity (Wildman–Crippen MR) is 68.8 cm³/mol. The molecule has 0 bridgehead atoms. The van der Waals surface area contributed by atoms with E-state index < -0.39 is 0 Å². The minimum absolute atomic E-state index is 0.0638. The minimum atomic E-state index is -0.0953. The smallest absolute Gasteiger partial charge is 0.257 e. The number of likely N-dealkylation sites (tertiary alicyclic amines) is 1. The summed E-state index contributed by atoms with van der Waals surface area (Å²) in [5.74, 6) is -0.0316. The van der Waals surface area contributed by atoms with Crippen LogP contribution in [0.1, 0.15) is 28.8 Å². The van der Waals surface area contributed by atoms with Crippen molar-refractivity contribution in [3.05, 3.63) is 29.3 Å². The van der Waals surface area contributed by atoms with Gasteiger partial charge in [0, 0.05) is 20.2 Å². The number of hydrogen-bond donors (Lipinski definition) is 1. The first kappa shape index (κ1) is 12.9. The summed E-state index contributed by atoms with van der Waals surface area (Å²) >= 11 is 0. The molecule has 0 unspecified atom stereocenters. The van der Waals surface area contributed by atoms with Gasteiger partial charge in [-0.2, -0.15) is 0 Å². The maximum atomic E-state index is 12.3. The molecule has 0 aromatic heterocycles. The van der Waals surface area contributed by atoms with Crippen molar-refractivity contribution in [1.29, 1.82) is 0 Å². The number of phenols is 1. The van der Waals surface area contributed by atoms with Gasteiger partial charge in [0.2, 0.25) is 0 Å². The highest BCUT2D eigenvalue weighted by molar-refractivity contribution is 5.96. The fourth-order valence-corrected chi connectivity index (χ4v) is 2.29. The van der Waals surface area contributed by atoms with Gasteiger partial charge in [-0.3, -0.25) is 4.79 Å². The lowest BCUT2D eigenvalue weighted by Gasteiger charge is -2.31. The van der Waals surface area contributed by atoms with Gasteiger partial charge >= 0.3 is 0 Å². The number of nitrogens with zero attached hydrogens (tertiary/aromatic N) is 1. The molecular formula is C14H19NO3. The molecule has 1 amide bonds. The van der Waals surface area contributed by atoms with Gasteiger partial charge in [-0.25, -0.2) is 0 Å². The van der Waals surface area contributed by atoms with Gasteiger partial charge < -0.3 is 14.7 Å². The normalized spacial score (nSPS) is 16.9. The van der Waals surface area contributed by atoms with Crippen LogP contribution in [0.3, 0.4) is 0 Å². The Balaban J connectivity index is 2.08. The molecule has 1 fully saturated rings. The standard InChI is InChI=1S/C14H19NO3/c1-10-3-4-12(13(16)9-10)14(17)15-7-5-11(18-2)6-8-15/h3-4,9,11,16H,5-8H2,1-2H3. The van der Waals surface area contributed by atoms with Crippen LogP contribution >= 0.6 is 0 Å². The lowest BCUT2D eigenvalue weighted by molar-refractivity contribution is 0.0349. The summed E-state index contributed by atoms with van der Waals surface area (Å²) in [7, 11) is 1.70. The molecule has 1 N–H and O–H groups in total. The number of phenolic OH excluding ortho intramolecular Hbond substituents is 1. The third-order valence-electron chi connectivity index (χ3n) is 3.45. The van der Waals surface area contributed by atoms with Crippen LogP contribution in [0.4, 0.5) is 0 Å². The average molecular weight is 249 g/mol. The van der Waals surface area contributed by atoms with Crippen LogP contribution < -0.4 is 0 Å². The number of rotatable bonds is 2. The summed E-state index contributed by atoms with van der Waals surface area (Å²) in [5, 5.41) is 9.82. The molecule has 1 aromatic carbocycles. The van der Waals surface area contributed by atoms with Gasteiger partial charge in [0.15, 0.2) is 0 Å². The van der Waals surface area contributed by atoms with Crippen molar-refractivity contribution in [3.63, 3.8) is 0 Å². The number of methoxy groups -OCH3 is 1. The molecule has 0 radical (unpaired) electrons. The maximum absolute atomic E-state index is 12.3. The fourth-order valence-electron chi connectivity index (χ4n) is 2.29. The van der Waals surface area contributed by atoms with Crippen molar-refractivity contribution in [2.24, 2.45) is 0 Å². The fraction of sp³-hybridized carbons (Fsp3) is 0.500. The zero-order valence-electron chi connectivity index (χ0n) is 10.8. The lowest BCUT2D eigenvalue weighted by Crippen LogP contribution is -2.40. The van der Waals surface area contributed by atoms with E-state index >= 15 is 0 Å². The highest BCUT2D eigenvalue weighted by Gasteiger charge is 2.24. The summed E-state index contributed by atoms with van der Waals surface area (Å²) in [5.41, 5.74) is 1.33. The van der Waals surface area contributed by atoms with Gasteiger partial charge in [0.1, 0.15) is 5.75 Å². The van der Waals surface area contributed by atoms with Gasteiger partial charge in [-0.15, -0.1) is 0 Å². The lowest BCUT2D eigenvalue weighted by atomic mass is 10.1. The van der Waals surface area contributed by atoms with E-state index in [0.29, 0.717) is 18.7 Å². The second-order valence-electron chi connectivity index (χ2n) is 4.75. The summed E-state index contributed by atoms with van der Waals surface area (Å²) in [4.78, 5) is 14.0. The van der Waals surface area contributed by atoms with Crippen LogP contribution in [0.15, 0.2) is 18.2 Å². The van der Waals surface area contributed by atoms with E-state index in [4.69, 9.17) is 4.74 Å². The average Bonchev–Trinajstić information content (AvgIpc) is 2.38. The van der Waals surface area contributed by atoms with E-state index in [0.717, 1.165) is 18.4 Å². The number of amides is 1. The van der Waals surface area contributed by atoms with Crippen molar-refractivity contribution in [2.45, 2.75) is 25.9 Å². The number of aryl methyl sites for hydroxylation is 1. The third-order valence-corrected chi connectivity index (χ3v) is 3.45. The van der Waals surface area contributed by atoms with Crippen LogP contribution in [0.2, 0.25) is 0 Å². The quantitative estimate of drug-likeness (QED) is 0.871. The van der Waals surface area contributed by atoms with Crippen molar-refractivity contribution in [2.75, 3.05) is 20.2 Å². The van der Waals surface area contributed by atoms with Crippen molar-refractivity contribution in [3.8, 4) is 5.75 Å². The molecule has 0 spiro atoms. The SMILES string of the molecule is COC1CCN(C(=O)c2ccc(C)cc2O)CC1. The highest BCUT2D eigenvalue weighted by Crippen LogP contribution is 2.22. The first-order valence-electron chi connectivity index (χ1n) is 6.23. The monoisotopic (exact) mass is 249 g/mol. The number of aromatic hydroxyl groups is 1. The number of hydrogen-bond acceptors (Lipinski definition) is 3. The number of carbonyl (C=O) groups is 1. The maximum Gasteiger partial charge on any atom is 0.257 e. The molecule has 1 aromatic rings. The Labute approximate surface area is 107 Å². The zero-order chi connectivity index (χ0) is 13.1. The molecule has 98 valence electrons. The van der Waals surface area contributed by atoms with E-state index in [1.165, 1.54) is 0 Å². The van der Waals surface area contributed by atoms with Crippen LogP contribution in [-0.4, -0.2) is 42.2 Å². The summed E-state index contributed by atoms with van der Waals surface area (Å²) in [6, 6.07) is 5.15. The second-order valence-corrected chi connectivity index (χ2v) is 4.75. The summed E-state index contributed by atoms with van der Waals surface area (Å²) in [6.45, 7) is 3.26. The number of ether oxygens (including phenoxy) is 1. The number of carbonyl (C=O) groups excluding carboxylic acids is 1. The molecule has 1 heterocycles. The van der Waals surface area contributed by atoms with E-state index in [9.17, 15) is 9.90 Å². The molecule has 4 heteroatoms. The number of benzene rings is 1. The van der Waals surface area contributed by atoms with E-state index in [1.807, 2.05) is 13.0 Å². The Kier molecular flexibility index (Phi) is 3.87. The molecule has 1 saturated heterocycles. The molecule has 0 atom stereocenters. The summed E-state index contributed by atoms with van der Waals surface area (Å²) < 4.78 is 5.28. The van der Waals surface area contributed by atoms with E-state index in [2.05, 4.69) is 0 Å². The first-order valence-corrected chi connectivity index (χ1v) is 6.23. The molecule has 1 aliphatic heterocycles. The van der Waals surface area contributed by atoms with E-state index in [1.54, 1.807) is 24.1 Å². The molecule has 0 saturated carbocycles. The Morgan fingerprint density at radius 2 is 2.06 bits per heavy atom. The largest absolute Gasteiger partial charge is 0.507 e. The molecule has 1 aliphatic rings. The number of piperidine rings is 1. The Hall–Kier alpha value is -1.55. The Morgan fingerprint density at radius 1 is 1.39 bits per heavy atom. The third kappa shape index (κ3) is 2.64. The molecule has 4 nitrogen and oxygen atoms in total. The zero-order valence-corrected chi connectivity index (χ0v) is 10.8. The molecule has 18 heavy (non-hydrogen) atoms. The van der Waals surface area contributed by atoms with Gasteiger partial charge in [0.05, 0.1) is 11.7 Å². The van der Waals surface area contributed by atoms with Gasteiger partial charge in [0.25, 0.3) is 5.91 Å². The summed E-state index contributed by atoms with van der Waals surface area (Å²) in [6.07, 6.45) is 1.96. The topological polar surface area (TPSA) is 49.8 Å². The van der Waals surface area contributed by atoms with Gasteiger partial charge in [-0.1, -0.05) is 6.07 Å². The van der Waals surface area contributed by atoms with Crippen molar-refractivity contribution >= 4 is 5.91 Å². The highest BCUT2D eigenvalue weighted by atomic mass is 16.5. The Morgan fingerprint density at radius 3 is 2.61 bits per heavy atom. The predicted octanol–water partition coefficient (Wildman–Crippen LogP) is 1.95. The van der Waals surface area contributed by atoms with E-state index in [-0.39, 0.29) is 17.8 Å². The van der Waals surface area contributed by atoms with Crippen LogP contribution in [0, 0.1) is 6.92 Å². The minimum Gasteiger partial charge on any atom is -0.507 e. The molecule has 2 rings (SSSR count). The van der Waals surface area contributed by atoms with Gasteiger partial charge in [-0.05, 0) is 37.5 Å². The Bertz CT molecular complexity index is 437. The second kappa shape index (κ2) is 5.40. The first-order chi connectivity index (χ1) is 8.61.